The van der Waals surface area contributed by atoms with Crippen molar-refractivity contribution in [3.05, 3.63) is 0 Å². The molecule has 0 aromatic heterocycles. The Morgan fingerprint density at radius 1 is 2.00 bits per heavy atom. The second-order valence-electron chi connectivity index (χ2n) is 1.19. The quantitative estimate of drug-likeness (QED) is 0.294. The number of rotatable bonds is 3. The van der Waals surface area contributed by atoms with Crippen LogP contribution in [0.25, 0.3) is 0 Å². The fourth-order valence-electron chi connectivity index (χ4n) is 0.215. The van der Waals surface area contributed by atoms with Crippen LogP contribution in [0.3, 0.4) is 0 Å². The third-order valence-corrected chi connectivity index (χ3v) is 4.97. The normalized spacial score (nSPS) is 8.29. The predicted octanol–water partition coefficient (Wildman–Crippen LogP) is -2.58. The minimum atomic E-state index is 0.0900. The zero-order chi connectivity index (χ0) is 5.70. The van der Waals surface area contributed by atoms with Crippen molar-refractivity contribution >= 4 is 18.4 Å². The Morgan fingerprint density at radius 3 is 2.57 bits per heavy atom. The SMILES string of the molecule is CCB(B=O)[I-]P. The van der Waals surface area contributed by atoms with Gasteiger partial charge >= 0.3 is 56.8 Å². The van der Waals surface area contributed by atoms with Crippen molar-refractivity contribution in [2.24, 2.45) is 0 Å². The molecule has 0 aliphatic rings. The molecule has 0 heterocycles. The van der Waals surface area contributed by atoms with E-state index in [-0.39, 0.29) is 20.4 Å². The first-order valence-electron chi connectivity index (χ1n) is 2.12. The van der Waals surface area contributed by atoms with Crippen molar-refractivity contribution in [1.82, 2.24) is 0 Å². The van der Waals surface area contributed by atoms with Gasteiger partial charge in [-0.1, -0.05) is 0 Å². The first kappa shape index (κ1) is 8.09. The maximum atomic E-state index is 9.98. The van der Waals surface area contributed by atoms with Crippen molar-refractivity contribution in [3.63, 3.8) is 0 Å². The molecule has 0 N–H and O–H groups in total. The van der Waals surface area contributed by atoms with Gasteiger partial charge in [0.05, 0.1) is 0 Å². The maximum absolute atomic E-state index is 9.98. The fourth-order valence-corrected chi connectivity index (χ4v) is 2.49. The van der Waals surface area contributed by atoms with Gasteiger partial charge in [0.1, 0.15) is 0 Å². The summed E-state index contributed by atoms with van der Waals surface area (Å²) in [5, 5.41) is 0. The molecule has 0 bridgehead atoms. The molecule has 0 aliphatic heterocycles. The van der Waals surface area contributed by atoms with Gasteiger partial charge in [-0.15, -0.1) is 0 Å². The summed E-state index contributed by atoms with van der Waals surface area (Å²) < 4.78 is 10.4. The van der Waals surface area contributed by atoms with Crippen LogP contribution in [0.15, 0.2) is 0 Å². The van der Waals surface area contributed by atoms with Gasteiger partial charge in [0, 0.05) is 0 Å². The summed E-state index contributed by atoms with van der Waals surface area (Å²) in [6.45, 7) is 4.71. The molecule has 0 aromatic rings. The van der Waals surface area contributed by atoms with Crippen LogP contribution >= 0.6 is 6.88 Å². The molecule has 0 saturated heterocycles. The molecule has 0 amide bonds. The molecule has 40 valence electrons. The first-order valence-corrected chi connectivity index (χ1v) is 7.54. The fraction of sp³-hybridized carbons (Fsp3) is 1.00. The summed E-state index contributed by atoms with van der Waals surface area (Å²) in [5.41, 5.74) is 0. The number of hydrogen-bond donors (Lipinski definition) is 0. The third kappa shape index (κ3) is 3.65. The Morgan fingerprint density at radius 2 is 2.57 bits per heavy atom. The summed E-state index contributed by atoms with van der Waals surface area (Å²) >= 11 is 0.0900. The summed E-state index contributed by atoms with van der Waals surface area (Å²) in [6, 6.07) is 0. The summed E-state index contributed by atoms with van der Waals surface area (Å²) in [4.78, 5) is 0. The molecule has 0 rings (SSSR count). The van der Waals surface area contributed by atoms with Crippen molar-refractivity contribution in [1.29, 1.82) is 0 Å². The van der Waals surface area contributed by atoms with Crippen molar-refractivity contribution in [3.8, 4) is 0 Å². The Balaban J connectivity index is 3.16. The average molecular weight is 227 g/mol. The average Bonchev–Trinajstić information content (AvgIpc) is 1.72. The van der Waals surface area contributed by atoms with Crippen molar-refractivity contribution < 1.29 is 25.1 Å². The summed E-state index contributed by atoms with van der Waals surface area (Å²) in [5.74, 6) is 0. The zero-order valence-corrected chi connectivity index (χ0v) is 7.54. The number of hydrogen-bond acceptors (Lipinski definition) is 1. The van der Waals surface area contributed by atoms with Crippen LogP contribution in [0, 0.1) is 0 Å². The molecule has 0 spiro atoms. The van der Waals surface area contributed by atoms with E-state index in [9.17, 15) is 4.70 Å². The Bertz CT molecular complexity index is 57.7. The number of halogens is 1. The van der Waals surface area contributed by atoms with Crippen LogP contribution in [-0.4, -0.2) is 11.5 Å². The standard InChI is InChI=1S/C2H7B2IOP/c1-2-4(3-6)5-7/h2,7H2,1H3/q-1. The topological polar surface area (TPSA) is 17.1 Å². The van der Waals surface area contributed by atoms with E-state index in [0.717, 1.165) is 13.4 Å². The van der Waals surface area contributed by atoms with Gasteiger partial charge in [-0.05, 0) is 0 Å². The second kappa shape index (κ2) is 5.23. The minimum absolute atomic E-state index is 0.0900. The molecular weight excluding hydrogens is 220 g/mol. The van der Waals surface area contributed by atoms with Crippen LogP contribution in [0.2, 0.25) is 6.32 Å². The van der Waals surface area contributed by atoms with Gasteiger partial charge in [-0.25, -0.2) is 0 Å². The molecule has 0 fully saturated rings. The van der Waals surface area contributed by atoms with E-state index in [4.69, 9.17) is 0 Å². The van der Waals surface area contributed by atoms with E-state index in [1.165, 1.54) is 0 Å². The third-order valence-electron chi connectivity index (χ3n) is 0.699. The summed E-state index contributed by atoms with van der Waals surface area (Å²) in [6.07, 6.45) is 1.01. The Labute approximate surface area is 56.9 Å². The Kier molecular flexibility index (Phi) is 6.05. The molecule has 1 unspecified atom stereocenters. The van der Waals surface area contributed by atoms with Gasteiger partial charge in [-0.2, -0.15) is 0 Å². The molecule has 1 atom stereocenters. The monoisotopic (exact) mass is 227 g/mol. The van der Waals surface area contributed by atoms with Gasteiger partial charge in [0.25, 0.3) is 0 Å². The molecule has 5 heteroatoms. The van der Waals surface area contributed by atoms with Crippen LogP contribution < -0.4 is 20.4 Å². The van der Waals surface area contributed by atoms with Crippen LogP contribution in [0.5, 0.6) is 0 Å². The van der Waals surface area contributed by atoms with Gasteiger partial charge in [-0.3, -0.25) is 0 Å². The molecule has 7 heavy (non-hydrogen) atoms. The van der Waals surface area contributed by atoms with Crippen LogP contribution in [0.4, 0.5) is 0 Å². The van der Waals surface area contributed by atoms with E-state index in [0.29, 0.717) is 4.46 Å². The first-order chi connectivity index (χ1) is 3.35. The van der Waals surface area contributed by atoms with E-state index >= 15 is 0 Å². The molecule has 0 aromatic carbocycles. The summed E-state index contributed by atoms with van der Waals surface area (Å²) in [7, 11) is 1.06. The zero-order valence-electron chi connectivity index (χ0n) is 4.23. The van der Waals surface area contributed by atoms with E-state index in [1.807, 2.05) is 6.92 Å². The molecule has 1 nitrogen and oxygen atoms in total. The molecule has 0 radical (unpaired) electrons. The van der Waals surface area contributed by atoms with E-state index < -0.39 is 0 Å². The van der Waals surface area contributed by atoms with Crippen molar-refractivity contribution in [2.75, 3.05) is 0 Å². The van der Waals surface area contributed by atoms with Gasteiger partial charge in [0.15, 0.2) is 0 Å². The van der Waals surface area contributed by atoms with Crippen LogP contribution in [0.1, 0.15) is 6.92 Å². The van der Waals surface area contributed by atoms with Gasteiger partial charge < -0.3 is 0 Å². The molecule has 0 aliphatic carbocycles. The molecule has 0 saturated carbocycles. The van der Waals surface area contributed by atoms with E-state index in [2.05, 4.69) is 6.88 Å². The second-order valence-corrected chi connectivity index (χ2v) is 5.20. The molecular formula is C2H7B2IOP-. The Hall–Kier alpha value is 1.09. The van der Waals surface area contributed by atoms with Crippen molar-refractivity contribution in [2.45, 2.75) is 13.2 Å². The predicted molar refractivity (Wildman–Crippen MR) is 32.4 cm³/mol. The van der Waals surface area contributed by atoms with Gasteiger partial charge in [0.2, 0.25) is 0 Å². The van der Waals surface area contributed by atoms with Crippen LogP contribution in [-0.2, 0) is 4.70 Å². The van der Waals surface area contributed by atoms with E-state index in [1.54, 1.807) is 0 Å².